The lowest BCUT2D eigenvalue weighted by molar-refractivity contribution is -0.0592. The Hall–Kier alpha value is -3.60. The van der Waals surface area contributed by atoms with Crippen molar-refractivity contribution in [3.8, 4) is 5.88 Å². The molecular weight excluding hydrogens is 537 g/mol. The molecule has 9 nitrogen and oxygen atoms in total. The van der Waals surface area contributed by atoms with Crippen LogP contribution < -0.4 is 4.74 Å². The predicted octanol–water partition coefficient (Wildman–Crippen LogP) is 5.06. The van der Waals surface area contributed by atoms with E-state index in [1.165, 1.54) is 12.3 Å². The molecule has 5 heterocycles. The fraction of sp³-hybridized carbons (Fsp3) is 0.379. The number of nitrogens with zero attached hydrogens (tertiary/aromatic N) is 5. The molecule has 3 aromatic heterocycles. The lowest BCUT2D eigenvalue weighted by atomic mass is 9.93. The zero-order valence-electron chi connectivity index (χ0n) is 21.8. The largest absolute Gasteiger partial charge is 0.477 e. The third-order valence-electron chi connectivity index (χ3n) is 7.62. The summed E-state index contributed by atoms with van der Waals surface area (Å²) in [5.74, 6) is 0.185. The summed E-state index contributed by atoms with van der Waals surface area (Å²) in [6, 6.07) is 11.9. The van der Waals surface area contributed by atoms with E-state index in [2.05, 4.69) is 14.5 Å². The van der Waals surface area contributed by atoms with E-state index in [0.29, 0.717) is 35.1 Å². The maximum absolute atomic E-state index is 14.1. The number of fused-ring (bicyclic) bond motifs is 1. The molecule has 2 fully saturated rings. The number of aromatic carboxylic acids is 1. The van der Waals surface area contributed by atoms with Crippen LogP contribution in [-0.2, 0) is 24.4 Å². The average molecular weight is 566 g/mol. The van der Waals surface area contributed by atoms with Gasteiger partial charge in [-0.3, -0.25) is 4.90 Å². The third-order valence-corrected chi connectivity index (χ3v) is 7.85. The van der Waals surface area contributed by atoms with Crippen molar-refractivity contribution in [2.24, 2.45) is 0 Å². The van der Waals surface area contributed by atoms with Gasteiger partial charge in [-0.1, -0.05) is 23.7 Å². The number of hydrogen-bond acceptors (Lipinski definition) is 7. The van der Waals surface area contributed by atoms with Crippen LogP contribution in [0, 0.1) is 5.82 Å². The number of rotatable bonds is 9. The Bertz CT molecular complexity index is 1530. The summed E-state index contributed by atoms with van der Waals surface area (Å²) >= 11 is 5.84. The first-order valence-electron chi connectivity index (χ1n) is 13.4. The van der Waals surface area contributed by atoms with E-state index in [0.717, 1.165) is 56.0 Å². The molecular formula is C29H29ClFN5O4. The van der Waals surface area contributed by atoms with E-state index in [9.17, 15) is 14.3 Å². The van der Waals surface area contributed by atoms with Crippen molar-refractivity contribution in [2.45, 2.75) is 51.0 Å². The van der Waals surface area contributed by atoms with Gasteiger partial charge in [-0.2, -0.15) is 0 Å². The van der Waals surface area contributed by atoms with Gasteiger partial charge in [0.2, 0.25) is 5.88 Å². The van der Waals surface area contributed by atoms with Crippen molar-refractivity contribution in [3.63, 3.8) is 0 Å². The molecule has 0 saturated carbocycles. The molecule has 208 valence electrons. The lowest BCUT2D eigenvalue weighted by Crippen LogP contribution is -2.35. The molecule has 0 amide bonds. The van der Waals surface area contributed by atoms with Crippen LogP contribution in [0.25, 0.3) is 11.0 Å². The molecule has 40 heavy (non-hydrogen) atoms. The quantitative estimate of drug-likeness (QED) is 0.300. The second-order valence-corrected chi connectivity index (χ2v) is 10.7. The molecule has 1 aromatic carbocycles. The summed E-state index contributed by atoms with van der Waals surface area (Å²) < 4.78 is 27.6. The predicted molar refractivity (Wildman–Crippen MR) is 146 cm³/mol. The second kappa shape index (κ2) is 11.5. The topological polar surface area (TPSA) is 103 Å². The van der Waals surface area contributed by atoms with Gasteiger partial charge in [-0.15, -0.1) is 0 Å². The molecule has 4 aromatic rings. The van der Waals surface area contributed by atoms with Crippen molar-refractivity contribution in [2.75, 3.05) is 19.7 Å². The third kappa shape index (κ3) is 5.79. The summed E-state index contributed by atoms with van der Waals surface area (Å²) in [5, 5.41) is 9.77. The number of piperidine rings is 1. The Balaban J connectivity index is 1.11. The first-order chi connectivity index (χ1) is 19.4. The smallest absolute Gasteiger partial charge is 0.354 e. The molecule has 0 radical (unpaired) electrons. The molecule has 0 bridgehead atoms. The van der Waals surface area contributed by atoms with Gasteiger partial charge in [0.1, 0.15) is 29.5 Å². The van der Waals surface area contributed by atoms with E-state index < -0.39 is 11.8 Å². The molecule has 0 unspecified atom stereocenters. The van der Waals surface area contributed by atoms with Crippen LogP contribution in [-0.4, -0.2) is 61.3 Å². The first-order valence-corrected chi connectivity index (χ1v) is 13.8. The number of imidazole rings is 1. The van der Waals surface area contributed by atoms with Crippen molar-refractivity contribution in [3.05, 3.63) is 82.3 Å². The fourth-order valence-electron chi connectivity index (χ4n) is 5.27. The standard InChI is InChI=1S/C29H29ClFN5O4/c30-20-5-4-19(22(31)12-20)17-40-28-3-1-2-23(34-28)18-6-9-35(10-7-18)16-27-33-25-14-32-24(29(37)38)13-26(25)36(27)15-21-8-11-39-21/h1-5,12-14,18,21H,6-11,15-17H2,(H,37,38)/t21-/m0/s1. The molecule has 2 aliphatic heterocycles. The van der Waals surface area contributed by atoms with Gasteiger partial charge in [0.05, 0.1) is 30.9 Å². The maximum atomic E-state index is 14.1. The molecule has 1 atom stereocenters. The zero-order chi connectivity index (χ0) is 27.6. The summed E-state index contributed by atoms with van der Waals surface area (Å²) in [6.07, 6.45) is 4.48. The SMILES string of the molecule is O=C(O)c1cc2c(cn1)nc(CN1CCC(c3cccc(OCc4ccc(Cl)cc4F)n3)CC1)n2C[C@@H]1CCO1. The number of carbonyl (C=O) groups is 1. The number of likely N-dealkylation sites (tertiary alicyclic amines) is 1. The van der Waals surface area contributed by atoms with E-state index in [-0.39, 0.29) is 24.3 Å². The minimum Gasteiger partial charge on any atom is -0.477 e. The van der Waals surface area contributed by atoms with E-state index in [1.807, 2.05) is 12.1 Å². The number of ether oxygens (including phenoxy) is 2. The van der Waals surface area contributed by atoms with E-state index >= 15 is 0 Å². The highest BCUT2D eigenvalue weighted by Gasteiger charge is 2.26. The maximum Gasteiger partial charge on any atom is 0.354 e. The van der Waals surface area contributed by atoms with Crippen LogP contribution in [0.1, 0.15) is 52.8 Å². The molecule has 6 rings (SSSR count). The van der Waals surface area contributed by atoms with Crippen LogP contribution in [0.5, 0.6) is 5.88 Å². The highest BCUT2D eigenvalue weighted by atomic mass is 35.5. The summed E-state index contributed by atoms with van der Waals surface area (Å²) in [6.45, 7) is 3.86. The Kier molecular flexibility index (Phi) is 7.64. The minimum atomic E-state index is -1.06. The average Bonchev–Trinajstić information content (AvgIpc) is 3.26. The first kappa shape index (κ1) is 26.6. The van der Waals surface area contributed by atoms with Gasteiger partial charge in [-0.25, -0.2) is 24.1 Å². The normalized spacial score (nSPS) is 18.1. The second-order valence-electron chi connectivity index (χ2n) is 10.3. The molecule has 0 aliphatic carbocycles. The summed E-state index contributed by atoms with van der Waals surface area (Å²) in [7, 11) is 0. The monoisotopic (exact) mass is 565 g/mol. The number of hydrogen-bond donors (Lipinski definition) is 1. The van der Waals surface area contributed by atoms with Crippen molar-refractivity contribution < 1.29 is 23.8 Å². The van der Waals surface area contributed by atoms with Crippen LogP contribution in [0.2, 0.25) is 5.02 Å². The Morgan fingerprint density at radius 2 is 1.98 bits per heavy atom. The van der Waals surface area contributed by atoms with Crippen LogP contribution in [0.4, 0.5) is 4.39 Å². The number of carboxylic acid groups (broad SMARTS) is 1. The van der Waals surface area contributed by atoms with Crippen LogP contribution in [0.3, 0.4) is 0 Å². The zero-order valence-corrected chi connectivity index (χ0v) is 22.6. The van der Waals surface area contributed by atoms with Gasteiger partial charge in [-0.05, 0) is 56.6 Å². The Morgan fingerprint density at radius 1 is 1.15 bits per heavy atom. The fourth-order valence-corrected chi connectivity index (χ4v) is 5.43. The number of aromatic nitrogens is 4. The van der Waals surface area contributed by atoms with E-state index in [1.54, 1.807) is 24.3 Å². The minimum absolute atomic E-state index is 0.00699. The Labute approximate surface area is 235 Å². The molecule has 0 spiro atoms. The van der Waals surface area contributed by atoms with E-state index in [4.69, 9.17) is 31.0 Å². The molecule has 2 aliphatic rings. The number of pyridine rings is 2. The van der Waals surface area contributed by atoms with Crippen molar-refractivity contribution in [1.82, 2.24) is 24.4 Å². The molecule has 11 heteroatoms. The van der Waals surface area contributed by atoms with Crippen LogP contribution in [0.15, 0.2) is 48.7 Å². The van der Waals surface area contributed by atoms with Gasteiger partial charge in [0.15, 0.2) is 0 Å². The number of benzene rings is 1. The van der Waals surface area contributed by atoms with Crippen molar-refractivity contribution in [1.29, 1.82) is 0 Å². The van der Waals surface area contributed by atoms with Gasteiger partial charge >= 0.3 is 5.97 Å². The highest BCUT2D eigenvalue weighted by Crippen LogP contribution is 2.30. The van der Waals surface area contributed by atoms with Crippen molar-refractivity contribution >= 4 is 28.6 Å². The summed E-state index contributed by atoms with van der Waals surface area (Å²) in [5.41, 5.74) is 2.86. The summed E-state index contributed by atoms with van der Waals surface area (Å²) in [4.78, 5) is 27.4. The van der Waals surface area contributed by atoms with Crippen LogP contribution >= 0.6 is 11.6 Å². The molecule has 2 saturated heterocycles. The Morgan fingerprint density at radius 3 is 2.70 bits per heavy atom. The van der Waals surface area contributed by atoms with Gasteiger partial charge < -0.3 is 19.1 Å². The molecule has 1 N–H and O–H groups in total. The number of halogens is 2. The lowest BCUT2D eigenvalue weighted by Gasteiger charge is -2.32. The van der Waals surface area contributed by atoms with Gasteiger partial charge in [0.25, 0.3) is 0 Å². The van der Waals surface area contributed by atoms with Gasteiger partial charge in [0, 0.05) is 34.9 Å². The highest BCUT2D eigenvalue weighted by molar-refractivity contribution is 6.30. The number of carboxylic acids is 1.